The predicted octanol–water partition coefficient (Wildman–Crippen LogP) is 4.06. The molecule has 0 bridgehead atoms. The average Bonchev–Trinajstić information content (AvgIpc) is 3.24. The molecule has 2 aliphatic rings. The zero-order valence-electron chi connectivity index (χ0n) is 17.9. The molecule has 1 aliphatic carbocycles. The molecular formula is C25H28N4O2. The van der Waals surface area contributed by atoms with Crippen LogP contribution in [0.5, 0.6) is 0 Å². The van der Waals surface area contributed by atoms with Crippen molar-refractivity contribution in [3.8, 4) is 0 Å². The summed E-state index contributed by atoms with van der Waals surface area (Å²) in [6.07, 6.45) is 9.32. The monoisotopic (exact) mass is 416 g/mol. The first-order chi connectivity index (χ1) is 15.0. The number of carbonyl (C=O) groups excluding carboxylic acids is 2. The number of rotatable bonds is 6. The smallest absolute Gasteiger partial charge is 0.222 e. The molecule has 1 fully saturated rings. The van der Waals surface area contributed by atoms with Crippen LogP contribution in [-0.2, 0) is 16.0 Å². The Labute approximate surface area is 182 Å². The van der Waals surface area contributed by atoms with E-state index in [1.807, 2.05) is 42.2 Å². The highest BCUT2D eigenvalue weighted by Gasteiger charge is 2.25. The maximum atomic E-state index is 12.7. The Balaban J connectivity index is 1.44. The van der Waals surface area contributed by atoms with E-state index in [-0.39, 0.29) is 17.4 Å². The van der Waals surface area contributed by atoms with Crippen molar-refractivity contribution < 1.29 is 9.59 Å². The molecule has 1 aromatic carbocycles. The molecule has 2 N–H and O–H groups in total. The highest BCUT2D eigenvalue weighted by Crippen LogP contribution is 2.27. The fraction of sp³-hybridized carbons (Fsp3) is 0.360. The lowest BCUT2D eigenvalue weighted by Crippen LogP contribution is -2.40. The van der Waals surface area contributed by atoms with Crippen LogP contribution in [0.25, 0.3) is 11.1 Å². The van der Waals surface area contributed by atoms with Crippen LogP contribution in [0.1, 0.15) is 49.7 Å². The number of nitrogens with zero attached hydrogens (tertiary/aromatic N) is 2. The molecule has 0 spiro atoms. The van der Waals surface area contributed by atoms with E-state index in [9.17, 15) is 9.59 Å². The van der Waals surface area contributed by atoms with Crippen LogP contribution in [-0.4, -0.2) is 45.4 Å². The van der Waals surface area contributed by atoms with Crippen molar-refractivity contribution in [3.05, 3.63) is 65.8 Å². The summed E-state index contributed by atoms with van der Waals surface area (Å²) in [7, 11) is 0. The third kappa shape index (κ3) is 4.74. The van der Waals surface area contributed by atoms with Gasteiger partial charge in [0.1, 0.15) is 5.82 Å². The number of piperidine rings is 1. The molecule has 0 radical (unpaired) electrons. The van der Waals surface area contributed by atoms with E-state index in [0.717, 1.165) is 50.0 Å². The quantitative estimate of drug-likeness (QED) is 0.696. The summed E-state index contributed by atoms with van der Waals surface area (Å²) in [4.78, 5) is 34.7. The molecular weight excluding hydrogens is 388 g/mol. The molecule has 2 aromatic rings. The van der Waals surface area contributed by atoms with Crippen LogP contribution in [0.2, 0.25) is 0 Å². The largest absolute Gasteiger partial charge is 0.342 e. The molecule has 1 aromatic heterocycles. The highest BCUT2D eigenvalue weighted by atomic mass is 16.2. The summed E-state index contributed by atoms with van der Waals surface area (Å²) in [5, 5.41) is 8.43. The van der Waals surface area contributed by atoms with Crippen molar-refractivity contribution in [2.75, 3.05) is 13.1 Å². The van der Waals surface area contributed by atoms with E-state index in [1.165, 1.54) is 6.08 Å². The topological polar surface area (TPSA) is 89.9 Å². The van der Waals surface area contributed by atoms with Gasteiger partial charge in [-0.3, -0.25) is 9.59 Å². The number of amides is 1. The number of nitrogens with one attached hydrogen (secondary N) is 2. The second-order valence-corrected chi connectivity index (χ2v) is 8.32. The first kappa shape index (κ1) is 21.0. The van der Waals surface area contributed by atoms with E-state index in [4.69, 9.17) is 5.41 Å². The number of hydrogen-bond acceptors (Lipinski definition) is 4. The molecule has 0 saturated carbocycles. The number of H-pyrrole nitrogens is 1. The molecule has 1 saturated heterocycles. The van der Waals surface area contributed by atoms with E-state index < -0.39 is 0 Å². The van der Waals surface area contributed by atoms with Crippen LogP contribution < -0.4 is 0 Å². The lowest BCUT2D eigenvalue weighted by Gasteiger charge is -2.32. The van der Waals surface area contributed by atoms with Crippen molar-refractivity contribution >= 4 is 28.5 Å². The number of hydrogen-bond donors (Lipinski definition) is 2. The van der Waals surface area contributed by atoms with Gasteiger partial charge in [0.25, 0.3) is 0 Å². The number of carbonyl (C=O) groups is 2. The minimum atomic E-state index is -0.118. The summed E-state index contributed by atoms with van der Waals surface area (Å²) in [5.41, 5.74) is 3.10. The fourth-order valence-corrected chi connectivity index (χ4v) is 4.36. The number of likely N-dealkylation sites (tertiary alicyclic amines) is 1. The first-order valence-corrected chi connectivity index (χ1v) is 11.0. The fourth-order valence-electron chi connectivity index (χ4n) is 4.36. The molecule has 1 amide bonds. The van der Waals surface area contributed by atoms with E-state index >= 15 is 0 Å². The Morgan fingerprint density at radius 2 is 2.03 bits per heavy atom. The van der Waals surface area contributed by atoms with Gasteiger partial charge in [0.05, 0.1) is 5.71 Å². The molecule has 31 heavy (non-hydrogen) atoms. The number of aromatic amines is 1. The first-order valence-electron chi connectivity index (χ1n) is 11.0. The van der Waals surface area contributed by atoms with Crippen LogP contribution in [0.15, 0.2) is 48.7 Å². The van der Waals surface area contributed by atoms with Gasteiger partial charge in [-0.15, -0.1) is 0 Å². The Kier molecular flexibility index (Phi) is 6.26. The lowest BCUT2D eigenvalue weighted by atomic mass is 9.91. The van der Waals surface area contributed by atoms with Gasteiger partial charge in [-0.2, -0.15) is 0 Å². The molecule has 1 atom stereocenters. The van der Waals surface area contributed by atoms with Gasteiger partial charge in [0, 0.05) is 42.5 Å². The van der Waals surface area contributed by atoms with E-state index in [0.29, 0.717) is 29.3 Å². The normalized spacial score (nSPS) is 19.3. The van der Waals surface area contributed by atoms with Gasteiger partial charge in [0.15, 0.2) is 5.78 Å². The zero-order valence-corrected chi connectivity index (χ0v) is 17.9. The van der Waals surface area contributed by atoms with Gasteiger partial charge in [0.2, 0.25) is 5.91 Å². The van der Waals surface area contributed by atoms with Crippen molar-refractivity contribution in [1.82, 2.24) is 14.9 Å². The summed E-state index contributed by atoms with van der Waals surface area (Å²) in [5.74, 6) is 1.07. The predicted molar refractivity (Wildman–Crippen MR) is 122 cm³/mol. The summed E-state index contributed by atoms with van der Waals surface area (Å²) >= 11 is 0. The van der Waals surface area contributed by atoms with Gasteiger partial charge in [-0.05, 0) is 49.3 Å². The maximum absolute atomic E-state index is 12.7. The molecule has 4 rings (SSSR count). The van der Waals surface area contributed by atoms with Crippen molar-refractivity contribution in [2.45, 2.75) is 39.0 Å². The average molecular weight is 417 g/mol. The number of allylic oxidation sites excluding steroid dienone is 4. The highest BCUT2D eigenvalue weighted by molar-refractivity contribution is 6.44. The molecule has 0 unspecified atom stereocenters. The second-order valence-electron chi connectivity index (χ2n) is 8.32. The lowest BCUT2D eigenvalue weighted by molar-refractivity contribution is -0.133. The molecule has 1 aliphatic heterocycles. The standard InChI is InChI=1S/C25H28N4O2/c1-2-7-24(31)29-11-6-8-17(16-29)12-19-15-27-25(28-19)21-14-23(30)20(13-22(21)26)18-9-4-3-5-10-18/h3-5,9-10,13-15,17,26H,2,6-8,11-12,16H2,1H3,(H,27,28)/t17-/m1/s1. The second kappa shape index (κ2) is 9.25. The molecule has 160 valence electrons. The number of benzene rings is 1. The summed E-state index contributed by atoms with van der Waals surface area (Å²) < 4.78 is 0. The van der Waals surface area contributed by atoms with Gasteiger partial charge in [-0.25, -0.2) is 4.98 Å². The van der Waals surface area contributed by atoms with Crippen LogP contribution >= 0.6 is 0 Å². The minimum Gasteiger partial charge on any atom is -0.342 e. The third-order valence-electron chi connectivity index (χ3n) is 5.93. The maximum Gasteiger partial charge on any atom is 0.222 e. The zero-order chi connectivity index (χ0) is 21.8. The number of ketones is 1. The van der Waals surface area contributed by atoms with Gasteiger partial charge >= 0.3 is 0 Å². The molecule has 6 heteroatoms. The van der Waals surface area contributed by atoms with Crippen molar-refractivity contribution in [3.63, 3.8) is 0 Å². The van der Waals surface area contributed by atoms with Gasteiger partial charge < -0.3 is 15.3 Å². The summed E-state index contributed by atoms with van der Waals surface area (Å²) in [6, 6.07) is 9.42. The van der Waals surface area contributed by atoms with Crippen LogP contribution in [0, 0.1) is 11.3 Å². The van der Waals surface area contributed by atoms with Gasteiger partial charge in [-0.1, -0.05) is 37.3 Å². The minimum absolute atomic E-state index is 0.118. The van der Waals surface area contributed by atoms with Crippen molar-refractivity contribution in [1.29, 1.82) is 5.41 Å². The van der Waals surface area contributed by atoms with Crippen molar-refractivity contribution in [2.24, 2.45) is 5.92 Å². The Bertz CT molecular complexity index is 1050. The number of imidazole rings is 1. The SMILES string of the molecule is CCCC(=O)N1CCC[C@H](Cc2cnc(C3=CC(=O)C(c4ccccc4)=CC3=N)[nH]2)C1. The molecule has 6 nitrogen and oxygen atoms in total. The Morgan fingerprint density at radius 1 is 1.23 bits per heavy atom. The third-order valence-corrected chi connectivity index (χ3v) is 5.93. The van der Waals surface area contributed by atoms with E-state index in [1.54, 1.807) is 12.3 Å². The Hall–Kier alpha value is -3.28. The Morgan fingerprint density at radius 3 is 2.81 bits per heavy atom. The van der Waals surface area contributed by atoms with Crippen LogP contribution in [0.4, 0.5) is 0 Å². The molecule has 2 heterocycles. The van der Waals surface area contributed by atoms with Crippen LogP contribution in [0.3, 0.4) is 0 Å². The summed E-state index contributed by atoms with van der Waals surface area (Å²) in [6.45, 7) is 3.67. The number of aromatic nitrogens is 2. The van der Waals surface area contributed by atoms with E-state index in [2.05, 4.69) is 9.97 Å².